The van der Waals surface area contributed by atoms with E-state index in [1.807, 2.05) is 13.0 Å². The van der Waals surface area contributed by atoms with E-state index in [4.69, 9.17) is 10.5 Å². The summed E-state index contributed by atoms with van der Waals surface area (Å²) in [5, 5.41) is 3.04. The predicted octanol–water partition coefficient (Wildman–Crippen LogP) is 1.60. The van der Waals surface area contributed by atoms with E-state index in [-0.39, 0.29) is 0 Å². The largest absolute Gasteiger partial charge is 0.478 e. The van der Waals surface area contributed by atoms with E-state index in [9.17, 15) is 0 Å². The summed E-state index contributed by atoms with van der Waals surface area (Å²) in [5.74, 6) is 1.54. The molecule has 6 heteroatoms. The molecule has 88 valence electrons. The van der Waals surface area contributed by atoms with Gasteiger partial charge in [-0.3, -0.25) is 4.98 Å². The fourth-order valence-electron chi connectivity index (χ4n) is 1.28. The van der Waals surface area contributed by atoms with Crippen LogP contribution in [0.1, 0.15) is 6.92 Å². The van der Waals surface area contributed by atoms with Crippen molar-refractivity contribution < 1.29 is 4.74 Å². The molecule has 0 unspecified atom stereocenters. The Morgan fingerprint density at radius 2 is 2.18 bits per heavy atom. The molecule has 0 atom stereocenters. The summed E-state index contributed by atoms with van der Waals surface area (Å²) in [4.78, 5) is 12.1. The summed E-state index contributed by atoms with van der Waals surface area (Å²) in [6.07, 6.45) is 4.74. The van der Waals surface area contributed by atoms with Gasteiger partial charge in [-0.25, -0.2) is 9.97 Å². The number of anilines is 3. The van der Waals surface area contributed by atoms with Crippen LogP contribution in [0, 0.1) is 0 Å². The molecule has 0 saturated carbocycles. The van der Waals surface area contributed by atoms with Crippen LogP contribution in [0.25, 0.3) is 0 Å². The van der Waals surface area contributed by atoms with E-state index >= 15 is 0 Å². The Labute approximate surface area is 98.9 Å². The zero-order valence-corrected chi connectivity index (χ0v) is 9.42. The molecule has 0 fully saturated rings. The normalized spacial score (nSPS) is 9.94. The Kier molecular flexibility index (Phi) is 3.34. The van der Waals surface area contributed by atoms with Gasteiger partial charge < -0.3 is 15.8 Å². The Morgan fingerprint density at radius 1 is 1.29 bits per heavy atom. The number of pyridine rings is 1. The van der Waals surface area contributed by atoms with Gasteiger partial charge in [0.2, 0.25) is 5.88 Å². The molecule has 0 radical (unpaired) electrons. The molecular formula is C11H13N5O. The number of nitrogens with one attached hydrogen (secondary N) is 1. The highest BCUT2D eigenvalue weighted by Gasteiger charge is 1.99. The first-order valence-corrected chi connectivity index (χ1v) is 5.21. The van der Waals surface area contributed by atoms with Crippen LogP contribution >= 0.6 is 0 Å². The average Bonchev–Trinajstić information content (AvgIpc) is 2.32. The van der Waals surface area contributed by atoms with Crippen LogP contribution in [-0.4, -0.2) is 21.6 Å². The first kappa shape index (κ1) is 11.1. The Balaban J connectivity index is 2.08. The van der Waals surface area contributed by atoms with Crippen molar-refractivity contribution in [2.45, 2.75) is 6.92 Å². The number of nitrogens with two attached hydrogens (primary N) is 1. The van der Waals surface area contributed by atoms with E-state index < -0.39 is 0 Å². The summed E-state index contributed by atoms with van der Waals surface area (Å²) < 4.78 is 5.24. The maximum atomic E-state index is 5.53. The van der Waals surface area contributed by atoms with E-state index in [2.05, 4.69) is 20.3 Å². The first-order valence-electron chi connectivity index (χ1n) is 5.21. The average molecular weight is 231 g/mol. The van der Waals surface area contributed by atoms with Crippen molar-refractivity contribution in [3.8, 4) is 5.88 Å². The number of nitrogen functional groups attached to an aromatic ring is 1. The molecule has 0 saturated heterocycles. The molecule has 2 heterocycles. The van der Waals surface area contributed by atoms with Crippen LogP contribution in [0.15, 0.2) is 30.7 Å². The lowest BCUT2D eigenvalue weighted by molar-refractivity contribution is 0.327. The molecule has 0 aliphatic carbocycles. The molecule has 2 aromatic heterocycles. The van der Waals surface area contributed by atoms with Gasteiger partial charge >= 0.3 is 0 Å². The topological polar surface area (TPSA) is 86.0 Å². The maximum absolute atomic E-state index is 5.53. The van der Waals surface area contributed by atoms with Crippen molar-refractivity contribution in [2.75, 3.05) is 17.7 Å². The molecule has 6 nitrogen and oxygen atoms in total. The summed E-state index contributed by atoms with van der Waals surface area (Å²) >= 11 is 0. The molecule has 17 heavy (non-hydrogen) atoms. The van der Waals surface area contributed by atoms with Crippen molar-refractivity contribution >= 4 is 17.3 Å². The SMILES string of the molecule is CCOc1ccc(Nc2cncc(N)n2)cn1. The number of ether oxygens (including phenoxy) is 1. The van der Waals surface area contributed by atoms with Gasteiger partial charge in [-0.2, -0.15) is 0 Å². The van der Waals surface area contributed by atoms with Gasteiger partial charge in [0.05, 0.1) is 30.9 Å². The fraction of sp³-hybridized carbons (Fsp3) is 0.182. The number of rotatable bonds is 4. The molecule has 0 spiro atoms. The van der Waals surface area contributed by atoms with E-state index in [0.29, 0.717) is 24.1 Å². The standard InChI is InChI=1S/C11H13N5O/c1-2-17-11-4-3-8(5-14-11)15-10-7-13-6-9(12)16-10/h3-7H,2H2,1H3,(H3,12,15,16). The monoisotopic (exact) mass is 231 g/mol. The third-order valence-electron chi connectivity index (χ3n) is 1.95. The zero-order valence-electron chi connectivity index (χ0n) is 9.42. The summed E-state index contributed by atoms with van der Waals surface area (Å²) in [6.45, 7) is 2.51. The summed E-state index contributed by atoms with van der Waals surface area (Å²) in [5.41, 5.74) is 6.33. The highest BCUT2D eigenvalue weighted by Crippen LogP contribution is 2.15. The third-order valence-corrected chi connectivity index (χ3v) is 1.95. The summed E-state index contributed by atoms with van der Waals surface area (Å²) in [6, 6.07) is 3.63. The molecule has 0 amide bonds. The first-order chi connectivity index (χ1) is 8.28. The van der Waals surface area contributed by atoms with Crippen molar-refractivity contribution in [3.63, 3.8) is 0 Å². The predicted molar refractivity (Wildman–Crippen MR) is 65.1 cm³/mol. The fourth-order valence-corrected chi connectivity index (χ4v) is 1.28. The van der Waals surface area contributed by atoms with Gasteiger partial charge in [-0.1, -0.05) is 0 Å². The van der Waals surface area contributed by atoms with Crippen LogP contribution in [-0.2, 0) is 0 Å². The minimum atomic E-state index is 0.369. The lowest BCUT2D eigenvalue weighted by atomic mass is 10.4. The smallest absolute Gasteiger partial charge is 0.213 e. The second-order valence-electron chi connectivity index (χ2n) is 3.27. The second-order valence-corrected chi connectivity index (χ2v) is 3.27. The van der Waals surface area contributed by atoms with Crippen LogP contribution in [0.3, 0.4) is 0 Å². The number of hydrogen-bond acceptors (Lipinski definition) is 6. The maximum Gasteiger partial charge on any atom is 0.213 e. The Hall–Kier alpha value is -2.37. The van der Waals surface area contributed by atoms with Crippen LogP contribution in [0.4, 0.5) is 17.3 Å². The molecule has 0 aliphatic heterocycles. The minimum Gasteiger partial charge on any atom is -0.478 e. The van der Waals surface area contributed by atoms with Crippen LogP contribution in [0.5, 0.6) is 5.88 Å². The van der Waals surface area contributed by atoms with Gasteiger partial charge in [0.15, 0.2) is 5.82 Å². The highest BCUT2D eigenvalue weighted by atomic mass is 16.5. The number of nitrogens with zero attached hydrogens (tertiary/aromatic N) is 3. The zero-order chi connectivity index (χ0) is 12.1. The minimum absolute atomic E-state index is 0.369. The van der Waals surface area contributed by atoms with Gasteiger partial charge in [-0.05, 0) is 13.0 Å². The van der Waals surface area contributed by atoms with Gasteiger partial charge in [0.1, 0.15) is 5.82 Å². The highest BCUT2D eigenvalue weighted by molar-refractivity contribution is 5.55. The number of hydrogen-bond donors (Lipinski definition) is 2. The van der Waals surface area contributed by atoms with Gasteiger partial charge in [-0.15, -0.1) is 0 Å². The molecule has 2 rings (SSSR count). The number of aromatic nitrogens is 3. The lowest BCUT2D eigenvalue weighted by Gasteiger charge is -2.06. The Morgan fingerprint density at radius 3 is 2.82 bits per heavy atom. The quantitative estimate of drug-likeness (QED) is 0.831. The second kappa shape index (κ2) is 5.11. The van der Waals surface area contributed by atoms with Crippen LogP contribution in [0.2, 0.25) is 0 Å². The van der Waals surface area contributed by atoms with Crippen molar-refractivity contribution in [2.24, 2.45) is 0 Å². The van der Waals surface area contributed by atoms with Crippen LogP contribution < -0.4 is 15.8 Å². The van der Waals surface area contributed by atoms with Crippen molar-refractivity contribution in [3.05, 3.63) is 30.7 Å². The molecule has 3 N–H and O–H groups in total. The van der Waals surface area contributed by atoms with E-state index in [0.717, 1.165) is 5.69 Å². The van der Waals surface area contributed by atoms with Gasteiger partial charge in [0, 0.05) is 6.07 Å². The van der Waals surface area contributed by atoms with E-state index in [1.165, 1.54) is 6.20 Å². The molecular weight excluding hydrogens is 218 g/mol. The molecule has 0 bridgehead atoms. The van der Waals surface area contributed by atoms with Gasteiger partial charge in [0.25, 0.3) is 0 Å². The third kappa shape index (κ3) is 3.04. The van der Waals surface area contributed by atoms with E-state index in [1.54, 1.807) is 18.5 Å². The van der Waals surface area contributed by atoms with Crippen molar-refractivity contribution in [1.82, 2.24) is 15.0 Å². The summed E-state index contributed by atoms with van der Waals surface area (Å²) in [7, 11) is 0. The molecule has 0 aliphatic rings. The lowest BCUT2D eigenvalue weighted by Crippen LogP contribution is -1.99. The van der Waals surface area contributed by atoms with Crippen molar-refractivity contribution in [1.29, 1.82) is 0 Å². The molecule has 0 aromatic carbocycles. The Bertz CT molecular complexity index is 485. The molecule has 2 aromatic rings.